The average Bonchev–Trinajstić information content (AvgIpc) is 2.80. The van der Waals surface area contributed by atoms with Crippen LogP contribution in [0.5, 0.6) is 0 Å². The monoisotopic (exact) mass is 465 g/mol. The fraction of sp³-hybridized carbons (Fsp3) is 0.893. The lowest BCUT2D eigenvalue weighted by Gasteiger charge is -2.47. The van der Waals surface area contributed by atoms with Crippen LogP contribution in [0.3, 0.4) is 0 Å². The Balaban J connectivity index is 1.78. The van der Waals surface area contributed by atoms with E-state index < -0.39 is 0 Å². The summed E-state index contributed by atoms with van der Waals surface area (Å²) in [7, 11) is 1.69. The van der Waals surface area contributed by atoms with Gasteiger partial charge in [0.1, 0.15) is 12.9 Å². The number of esters is 1. The Kier molecular flexibility index (Phi) is 14.3. The molecule has 1 saturated heterocycles. The highest BCUT2D eigenvalue weighted by atomic mass is 16.7. The molecule has 0 aromatic rings. The third-order valence-corrected chi connectivity index (χ3v) is 7.59. The minimum absolute atomic E-state index is 0.000213. The molecule has 2 aliphatic rings. The van der Waals surface area contributed by atoms with Gasteiger partial charge < -0.3 is 19.5 Å². The second-order valence-corrected chi connectivity index (χ2v) is 10.3. The normalized spacial score (nSPS) is 28.5. The van der Waals surface area contributed by atoms with Gasteiger partial charge in [-0.2, -0.15) is 0 Å². The molecule has 1 saturated carbocycles. The van der Waals surface area contributed by atoms with Crippen molar-refractivity contribution in [2.45, 2.75) is 135 Å². The molecule has 0 spiro atoms. The highest BCUT2D eigenvalue weighted by Crippen LogP contribution is 2.40. The van der Waals surface area contributed by atoms with Gasteiger partial charge in [-0.1, -0.05) is 77.4 Å². The first-order valence-electron chi connectivity index (χ1n) is 13.8. The molecule has 0 radical (unpaired) electrons. The van der Waals surface area contributed by atoms with E-state index >= 15 is 0 Å². The zero-order valence-electron chi connectivity index (χ0n) is 21.9. The summed E-state index contributed by atoms with van der Waals surface area (Å²) in [5.74, 6) is 1.29. The highest BCUT2D eigenvalue weighted by Gasteiger charge is 2.41. The molecule has 0 amide bonds. The van der Waals surface area contributed by atoms with E-state index in [0.717, 1.165) is 38.0 Å². The van der Waals surface area contributed by atoms with Crippen molar-refractivity contribution in [1.29, 1.82) is 0 Å². The van der Waals surface area contributed by atoms with Crippen LogP contribution in [0.1, 0.15) is 111 Å². The van der Waals surface area contributed by atoms with E-state index in [1.807, 2.05) is 6.08 Å². The summed E-state index contributed by atoms with van der Waals surface area (Å²) < 4.78 is 16.9. The fourth-order valence-electron chi connectivity index (χ4n) is 5.76. The van der Waals surface area contributed by atoms with Crippen molar-refractivity contribution >= 4 is 5.97 Å². The molecule has 0 unspecified atom stereocenters. The van der Waals surface area contributed by atoms with Crippen LogP contribution in [-0.2, 0) is 19.0 Å². The fourth-order valence-corrected chi connectivity index (χ4v) is 5.76. The number of hydrogen-bond donors (Lipinski definition) is 1. The van der Waals surface area contributed by atoms with E-state index in [1.165, 1.54) is 51.4 Å². The summed E-state index contributed by atoms with van der Waals surface area (Å²) in [5.41, 5.74) is 0. The van der Waals surface area contributed by atoms with E-state index in [9.17, 15) is 4.79 Å². The van der Waals surface area contributed by atoms with Gasteiger partial charge in [-0.05, 0) is 50.9 Å². The van der Waals surface area contributed by atoms with Gasteiger partial charge in [0.05, 0.1) is 12.5 Å². The van der Waals surface area contributed by atoms with Crippen molar-refractivity contribution < 1.29 is 19.0 Å². The number of allylic oxidation sites excluding steroid dienone is 1. The SMILES string of the molecule is CCCC/C=C/CC(=O)O[C@@H]1C[C@H]2[C@@H](CCCC[C@@H](CCC)OCOC)CCC[C@H]2N[C@H]1C. The minimum atomic E-state index is -0.0785. The van der Waals surface area contributed by atoms with Crippen LogP contribution >= 0.6 is 0 Å². The molecule has 0 aromatic carbocycles. The largest absolute Gasteiger partial charge is 0.460 e. The van der Waals surface area contributed by atoms with E-state index in [-0.39, 0.29) is 18.1 Å². The Morgan fingerprint density at radius 1 is 1.09 bits per heavy atom. The van der Waals surface area contributed by atoms with Gasteiger partial charge in [0.25, 0.3) is 0 Å². The molecule has 2 fully saturated rings. The predicted molar refractivity (Wildman–Crippen MR) is 135 cm³/mol. The maximum absolute atomic E-state index is 12.4. The van der Waals surface area contributed by atoms with Gasteiger partial charge in [-0.25, -0.2) is 0 Å². The Morgan fingerprint density at radius 2 is 1.94 bits per heavy atom. The van der Waals surface area contributed by atoms with Crippen LogP contribution in [0.15, 0.2) is 12.2 Å². The van der Waals surface area contributed by atoms with Crippen molar-refractivity contribution in [3.05, 3.63) is 12.2 Å². The van der Waals surface area contributed by atoms with Crippen LogP contribution in [0.2, 0.25) is 0 Å². The summed E-state index contributed by atoms with van der Waals surface area (Å²) in [5, 5.41) is 3.81. The van der Waals surface area contributed by atoms with Gasteiger partial charge >= 0.3 is 5.97 Å². The Morgan fingerprint density at radius 3 is 2.70 bits per heavy atom. The minimum Gasteiger partial charge on any atom is -0.460 e. The number of methoxy groups -OCH3 is 1. The number of carbonyl (C=O) groups excluding carboxylic acids is 1. The zero-order valence-corrected chi connectivity index (χ0v) is 21.9. The lowest BCUT2D eigenvalue weighted by Crippen LogP contribution is -2.57. The number of piperidine rings is 1. The highest BCUT2D eigenvalue weighted by molar-refractivity contribution is 5.71. The quantitative estimate of drug-likeness (QED) is 0.121. The van der Waals surface area contributed by atoms with Gasteiger partial charge in [0.15, 0.2) is 0 Å². The molecular formula is C28H51NO4. The van der Waals surface area contributed by atoms with Gasteiger partial charge in [-0.15, -0.1) is 0 Å². The van der Waals surface area contributed by atoms with Crippen molar-refractivity contribution in [2.75, 3.05) is 13.9 Å². The first kappa shape index (κ1) is 28.3. The van der Waals surface area contributed by atoms with E-state index in [1.54, 1.807) is 7.11 Å². The van der Waals surface area contributed by atoms with Crippen LogP contribution < -0.4 is 5.32 Å². The molecule has 33 heavy (non-hydrogen) atoms. The topological polar surface area (TPSA) is 56.8 Å². The van der Waals surface area contributed by atoms with Gasteiger partial charge in [0, 0.05) is 19.2 Å². The number of carbonyl (C=O) groups is 1. The van der Waals surface area contributed by atoms with Gasteiger partial charge in [-0.3, -0.25) is 4.79 Å². The number of unbranched alkanes of at least 4 members (excludes halogenated alkanes) is 3. The lowest BCUT2D eigenvalue weighted by molar-refractivity contribution is -0.153. The van der Waals surface area contributed by atoms with E-state index in [4.69, 9.17) is 14.2 Å². The van der Waals surface area contributed by atoms with Crippen molar-refractivity contribution in [1.82, 2.24) is 5.32 Å². The average molecular weight is 466 g/mol. The molecule has 5 nitrogen and oxygen atoms in total. The van der Waals surface area contributed by atoms with Crippen molar-refractivity contribution in [2.24, 2.45) is 11.8 Å². The lowest BCUT2D eigenvalue weighted by atomic mass is 9.68. The molecule has 0 aromatic heterocycles. The Labute approximate surface area is 203 Å². The molecule has 1 heterocycles. The maximum atomic E-state index is 12.4. The molecule has 192 valence electrons. The first-order chi connectivity index (χ1) is 16.1. The number of hydrogen-bond acceptors (Lipinski definition) is 5. The number of rotatable bonds is 16. The number of nitrogens with one attached hydrogen (secondary N) is 1. The number of ether oxygens (including phenoxy) is 3. The summed E-state index contributed by atoms with van der Waals surface area (Å²) in [6, 6.07) is 0.825. The van der Waals surface area contributed by atoms with Crippen LogP contribution in [0, 0.1) is 11.8 Å². The smallest absolute Gasteiger partial charge is 0.309 e. The second kappa shape index (κ2) is 16.7. The van der Waals surface area contributed by atoms with E-state index in [0.29, 0.717) is 31.3 Å². The summed E-state index contributed by atoms with van der Waals surface area (Å²) in [6.07, 6.45) is 20.3. The number of fused-ring (bicyclic) bond motifs is 1. The molecule has 1 aliphatic heterocycles. The Bertz CT molecular complexity index is 552. The van der Waals surface area contributed by atoms with Crippen LogP contribution in [-0.4, -0.2) is 44.2 Å². The predicted octanol–water partition coefficient (Wildman–Crippen LogP) is 6.55. The third kappa shape index (κ3) is 10.5. The summed E-state index contributed by atoms with van der Waals surface area (Å²) >= 11 is 0. The van der Waals surface area contributed by atoms with Crippen molar-refractivity contribution in [3.63, 3.8) is 0 Å². The third-order valence-electron chi connectivity index (χ3n) is 7.59. The van der Waals surface area contributed by atoms with Crippen LogP contribution in [0.25, 0.3) is 0 Å². The molecular weight excluding hydrogens is 414 g/mol. The van der Waals surface area contributed by atoms with Crippen molar-refractivity contribution in [3.8, 4) is 0 Å². The molecule has 1 N–H and O–H groups in total. The molecule has 5 heteroatoms. The van der Waals surface area contributed by atoms with E-state index in [2.05, 4.69) is 32.2 Å². The molecule has 1 aliphatic carbocycles. The summed E-state index contributed by atoms with van der Waals surface area (Å²) in [6.45, 7) is 6.98. The van der Waals surface area contributed by atoms with Crippen LogP contribution in [0.4, 0.5) is 0 Å². The standard InChI is InChI=1S/C28H51NO4/c1-5-7-8-9-10-19-28(30)33-27-20-25-23(16-13-18-26(25)29-22(27)3)15-11-12-17-24(14-6-2)32-21-31-4/h9-10,22-27,29H,5-8,11-21H2,1-4H3/b10-9+/t22-,23-,24+,25-,26+,27+/m0/s1. The zero-order chi connectivity index (χ0) is 23.9. The second-order valence-electron chi connectivity index (χ2n) is 10.3. The molecule has 2 rings (SSSR count). The molecule has 0 bridgehead atoms. The van der Waals surface area contributed by atoms with Gasteiger partial charge in [0.2, 0.25) is 0 Å². The molecule has 6 atom stereocenters. The summed E-state index contributed by atoms with van der Waals surface area (Å²) in [4.78, 5) is 12.4. The Hall–Kier alpha value is -0.910. The first-order valence-corrected chi connectivity index (χ1v) is 13.8. The maximum Gasteiger partial charge on any atom is 0.309 e.